The molecule has 0 aliphatic heterocycles. The summed E-state index contributed by atoms with van der Waals surface area (Å²) in [7, 11) is 1.79. The summed E-state index contributed by atoms with van der Waals surface area (Å²) in [6, 6.07) is 4.50. The van der Waals surface area contributed by atoms with Crippen molar-refractivity contribution in [1.29, 1.82) is 0 Å². The summed E-state index contributed by atoms with van der Waals surface area (Å²) in [5, 5.41) is 9.06. The Bertz CT molecular complexity index is 1120. The fraction of sp³-hybridized carbons (Fsp3) is 0.364. The Morgan fingerprint density at radius 3 is 2.62 bits per heavy atom. The second-order valence-electron chi connectivity index (χ2n) is 7.76. The third-order valence-corrected chi connectivity index (χ3v) is 5.29. The Morgan fingerprint density at radius 2 is 1.97 bits per heavy atom. The summed E-state index contributed by atoms with van der Waals surface area (Å²) >= 11 is 6.36. The summed E-state index contributed by atoms with van der Waals surface area (Å²) in [4.78, 5) is 25.3. The van der Waals surface area contributed by atoms with Crippen LogP contribution in [0.3, 0.4) is 0 Å². The highest BCUT2D eigenvalue weighted by Crippen LogP contribution is 2.30. The second kappa shape index (κ2) is 10.1. The number of imidazole rings is 1. The summed E-state index contributed by atoms with van der Waals surface area (Å²) in [6.07, 6.45) is 3.20. The van der Waals surface area contributed by atoms with Gasteiger partial charge in [-0.2, -0.15) is 0 Å². The highest BCUT2D eigenvalue weighted by atomic mass is 35.5. The minimum absolute atomic E-state index is 0.0344. The van der Waals surface area contributed by atoms with E-state index >= 15 is 0 Å². The minimum atomic E-state index is -0.646. The fourth-order valence-electron chi connectivity index (χ4n) is 3.24. The van der Waals surface area contributed by atoms with Crippen LogP contribution in [0, 0.1) is 12.7 Å². The number of halogens is 2. The van der Waals surface area contributed by atoms with Crippen LogP contribution >= 0.6 is 11.6 Å². The van der Waals surface area contributed by atoms with Crippen LogP contribution < -0.4 is 16.0 Å². The molecule has 1 aromatic carbocycles. The van der Waals surface area contributed by atoms with Crippen molar-refractivity contribution in [2.75, 3.05) is 18.9 Å². The number of amides is 1. The molecule has 170 valence electrons. The first-order chi connectivity index (χ1) is 15.2. The van der Waals surface area contributed by atoms with Crippen LogP contribution in [0.1, 0.15) is 43.0 Å². The van der Waals surface area contributed by atoms with Gasteiger partial charge in [-0.05, 0) is 52.9 Å². The highest BCUT2D eigenvalue weighted by molar-refractivity contribution is 6.32. The van der Waals surface area contributed by atoms with Crippen LogP contribution in [0.5, 0.6) is 0 Å². The van der Waals surface area contributed by atoms with E-state index in [0.29, 0.717) is 22.9 Å². The van der Waals surface area contributed by atoms with Crippen LogP contribution in [0.25, 0.3) is 11.4 Å². The van der Waals surface area contributed by atoms with Gasteiger partial charge in [0.05, 0.1) is 28.7 Å². The van der Waals surface area contributed by atoms with E-state index in [9.17, 15) is 9.18 Å². The van der Waals surface area contributed by atoms with E-state index in [2.05, 4.69) is 30.9 Å². The molecule has 10 heteroatoms. The van der Waals surface area contributed by atoms with Crippen LogP contribution in [0.2, 0.25) is 5.02 Å². The third-order valence-electron chi connectivity index (χ3n) is 5.02. The lowest BCUT2D eigenvalue weighted by Crippen LogP contribution is -2.37. The number of hydrogen-bond donors (Lipinski definition) is 3. The Morgan fingerprint density at radius 1 is 1.22 bits per heavy atom. The van der Waals surface area contributed by atoms with Crippen molar-refractivity contribution in [2.45, 2.75) is 39.8 Å². The van der Waals surface area contributed by atoms with Gasteiger partial charge in [-0.3, -0.25) is 4.79 Å². The van der Waals surface area contributed by atoms with Gasteiger partial charge in [0, 0.05) is 24.3 Å². The predicted octanol–water partition coefficient (Wildman–Crippen LogP) is 4.10. The molecule has 0 saturated heterocycles. The smallest absolute Gasteiger partial charge is 0.254 e. The molecule has 3 rings (SSSR count). The number of benzene rings is 1. The molecule has 0 unspecified atom stereocenters. The van der Waals surface area contributed by atoms with E-state index in [4.69, 9.17) is 11.6 Å². The van der Waals surface area contributed by atoms with E-state index in [1.165, 1.54) is 18.3 Å². The maximum atomic E-state index is 14.6. The van der Waals surface area contributed by atoms with Crippen molar-refractivity contribution in [2.24, 2.45) is 0 Å². The van der Waals surface area contributed by atoms with Crippen LogP contribution in [0.4, 0.5) is 16.0 Å². The van der Waals surface area contributed by atoms with Gasteiger partial charge < -0.3 is 20.5 Å². The molecule has 0 bridgehead atoms. The van der Waals surface area contributed by atoms with Gasteiger partial charge in [-0.25, -0.2) is 19.3 Å². The standard InChI is InChI=1S/C22H27ClFN7O/c1-12(2)31-14(4)26-11-19(31)20-17(23)10-28-22(30-20)29-15-6-7-16(18(24)8-15)21(32)27-9-13(3)25-5/h6-8,10-13,25H,9H2,1-5H3,(H,27,32)(H,28,29,30)/t13-/m1/s1. The molecule has 1 amide bonds. The SMILES string of the molecule is CN[C@H](C)CNC(=O)c1ccc(Nc2ncc(Cl)c(-c3cnc(C)n3C(C)C)n2)cc1F. The van der Waals surface area contributed by atoms with Crippen molar-refractivity contribution in [3.05, 3.63) is 52.8 Å². The van der Waals surface area contributed by atoms with Crippen molar-refractivity contribution < 1.29 is 9.18 Å². The lowest BCUT2D eigenvalue weighted by Gasteiger charge is -2.15. The zero-order valence-corrected chi connectivity index (χ0v) is 19.5. The molecule has 0 spiro atoms. The Kier molecular flexibility index (Phi) is 7.42. The minimum Gasteiger partial charge on any atom is -0.350 e. The molecule has 3 aromatic rings. The molecule has 2 aromatic heterocycles. The van der Waals surface area contributed by atoms with Gasteiger partial charge in [0.1, 0.15) is 17.3 Å². The largest absolute Gasteiger partial charge is 0.350 e. The third kappa shape index (κ3) is 5.23. The van der Waals surface area contributed by atoms with Crippen LogP contribution in [0.15, 0.2) is 30.6 Å². The first kappa shape index (κ1) is 23.6. The number of aryl methyl sites for hydroxylation is 1. The number of hydrogen-bond acceptors (Lipinski definition) is 6. The Hall–Kier alpha value is -3.04. The first-order valence-corrected chi connectivity index (χ1v) is 10.7. The molecule has 0 aliphatic carbocycles. The van der Waals surface area contributed by atoms with Crippen molar-refractivity contribution in [3.8, 4) is 11.4 Å². The monoisotopic (exact) mass is 459 g/mol. The fourth-order valence-corrected chi connectivity index (χ4v) is 3.42. The number of carbonyl (C=O) groups excluding carboxylic acids is 1. The number of aromatic nitrogens is 4. The number of nitrogens with zero attached hydrogens (tertiary/aromatic N) is 4. The molecular formula is C22H27ClFN7O. The number of nitrogens with one attached hydrogen (secondary N) is 3. The van der Waals surface area contributed by atoms with E-state index < -0.39 is 11.7 Å². The summed E-state index contributed by atoms with van der Waals surface area (Å²) in [6.45, 7) is 8.32. The van der Waals surface area contributed by atoms with Gasteiger partial charge in [0.25, 0.3) is 5.91 Å². The van der Waals surface area contributed by atoms with Gasteiger partial charge in [-0.15, -0.1) is 0 Å². The molecule has 3 N–H and O–H groups in total. The molecule has 2 heterocycles. The van der Waals surface area contributed by atoms with Crippen LogP contribution in [-0.4, -0.2) is 45.1 Å². The Balaban J connectivity index is 1.82. The summed E-state index contributed by atoms with van der Waals surface area (Å²) in [5.74, 6) is -0.0250. The van der Waals surface area contributed by atoms with E-state index in [1.807, 2.05) is 32.3 Å². The molecule has 0 fully saturated rings. The lowest BCUT2D eigenvalue weighted by atomic mass is 10.1. The molecule has 8 nitrogen and oxygen atoms in total. The number of likely N-dealkylation sites (N-methyl/N-ethyl adjacent to an activating group) is 1. The molecular weight excluding hydrogens is 433 g/mol. The van der Waals surface area contributed by atoms with Crippen LogP contribution in [-0.2, 0) is 0 Å². The van der Waals surface area contributed by atoms with Crippen molar-refractivity contribution in [3.63, 3.8) is 0 Å². The number of anilines is 2. The zero-order chi connectivity index (χ0) is 23.4. The molecule has 0 saturated carbocycles. The number of rotatable bonds is 8. The Labute approximate surface area is 191 Å². The highest BCUT2D eigenvalue weighted by Gasteiger charge is 2.18. The molecule has 1 atom stereocenters. The summed E-state index contributed by atoms with van der Waals surface area (Å²) in [5.41, 5.74) is 1.66. The van der Waals surface area contributed by atoms with Gasteiger partial charge in [0.2, 0.25) is 5.95 Å². The second-order valence-corrected chi connectivity index (χ2v) is 8.17. The molecule has 32 heavy (non-hydrogen) atoms. The molecule has 0 radical (unpaired) electrons. The van der Waals surface area contributed by atoms with Gasteiger partial charge in [0.15, 0.2) is 0 Å². The topological polar surface area (TPSA) is 96.8 Å². The molecule has 0 aliphatic rings. The normalized spacial score (nSPS) is 12.1. The average Bonchev–Trinajstić information content (AvgIpc) is 3.14. The quantitative estimate of drug-likeness (QED) is 0.469. The maximum absolute atomic E-state index is 14.6. The van der Waals surface area contributed by atoms with Crippen molar-refractivity contribution >= 4 is 29.1 Å². The van der Waals surface area contributed by atoms with E-state index in [0.717, 1.165) is 11.5 Å². The van der Waals surface area contributed by atoms with Gasteiger partial charge in [-0.1, -0.05) is 11.6 Å². The van der Waals surface area contributed by atoms with Crippen molar-refractivity contribution in [1.82, 2.24) is 30.2 Å². The summed E-state index contributed by atoms with van der Waals surface area (Å²) < 4.78 is 16.6. The van der Waals surface area contributed by atoms with E-state index in [-0.39, 0.29) is 23.6 Å². The van der Waals surface area contributed by atoms with E-state index in [1.54, 1.807) is 19.3 Å². The lowest BCUT2D eigenvalue weighted by molar-refractivity contribution is 0.0946. The first-order valence-electron chi connectivity index (χ1n) is 10.3. The van der Waals surface area contributed by atoms with Gasteiger partial charge >= 0.3 is 0 Å². The maximum Gasteiger partial charge on any atom is 0.254 e. The average molecular weight is 460 g/mol. The zero-order valence-electron chi connectivity index (χ0n) is 18.7. The number of carbonyl (C=O) groups is 1. The predicted molar refractivity (Wildman–Crippen MR) is 124 cm³/mol.